The Bertz CT molecular complexity index is 990. The maximum atomic E-state index is 6.06. The zero-order valence-corrected chi connectivity index (χ0v) is 13.3. The van der Waals surface area contributed by atoms with Gasteiger partial charge in [0.2, 0.25) is 0 Å². The summed E-state index contributed by atoms with van der Waals surface area (Å²) in [5.41, 5.74) is 5.22. The van der Waals surface area contributed by atoms with Crippen molar-refractivity contribution in [1.82, 2.24) is 20.2 Å². The summed E-state index contributed by atoms with van der Waals surface area (Å²) in [7, 11) is 0. The standard InChI is InChI=1S/C17H10Cl2N4/c18-12-5-11(6-13(19)8-12)16-9-15(22-23-16)10-1-2-14-17(7-10)21-4-3-20-14/h1-9H,(H,22,23). The van der Waals surface area contributed by atoms with Gasteiger partial charge in [-0.3, -0.25) is 15.1 Å². The fourth-order valence-electron chi connectivity index (χ4n) is 2.45. The number of halogens is 2. The molecule has 0 amide bonds. The molecule has 4 aromatic rings. The highest BCUT2D eigenvalue weighted by Crippen LogP contribution is 2.29. The minimum absolute atomic E-state index is 0.588. The second-order valence-corrected chi connectivity index (χ2v) is 5.96. The first-order chi connectivity index (χ1) is 11.2. The van der Waals surface area contributed by atoms with Crippen LogP contribution in [0.5, 0.6) is 0 Å². The van der Waals surface area contributed by atoms with E-state index in [1.165, 1.54) is 0 Å². The molecule has 2 aromatic carbocycles. The van der Waals surface area contributed by atoms with E-state index in [1.54, 1.807) is 18.5 Å². The van der Waals surface area contributed by atoms with Gasteiger partial charge in [-0.05, 0) is 36.4 Å². The molecule has 0 aliphatic heterocycles. The first kappa shape index (κ1) is 14.2. The van der Waals surface area contributed by atoms with Gasteiger partial charge in [0.05, 0.1) is 22.4 Å². The largest absolute Gasteiger partial charge is 0.277 e. The monoisotopic (exact) mass is 340 g/mol. The van der Waals surface area contributed by atoms with Crippen molar-refractivity contribution in [3.8, 4) is 22.5 Å². The van der Waals surface area contributed by atoms with Gasteiger partial charge in [-0.1, -0.05) is 29.3 Å². The average Bonchev–Trinajstić information content (AvgIpc) is 3.03. The predicted octanol–water partition coefficient (Wildman–Crippen LogP) is 4.99. The third-order valence-corrected chi connectivity index (χ3v) is 3.95. The van der Waals surface area contributed by atoms with Crippen LogP contribution in [0.25, 0.3) is 33.5 Å². The van der Waals surface area contributed by atoms with Crippen molar-refractivity contribution in [3.63, 3.8) is 0 Å². The Kier molecular flexibility index (Phi) is 3.48. The van der Waals surface area contributed by atoms with E-state index in [2.05, 4.69) is 20.2 Å². The summed E-state index contributed by atoms with van der Waals surface area (Å²) in [6.07, 6.45) is 3.35. The van der Waals surface area contributed by atoms with Gasteiger partial charge in [-0.15, -0.1) is 0 Å². The summed E-state index contributed by atoms with van der Waals surface area (Å²) >= 11 is 12.1. The van der Waals surface area contributed by atoms with Crippen LogP contribution in [0.15, 0.2) is 54.9 Å². The van der Waals surface area contributed by atoms with Crippen molar-refractivity contribution < 1.29 is 0 Å². The zero-order chi connectivity index (χ0) is 15.8. The molecule has 0 spiro atoms. The zero-order valence-electron chi connectivity index (χ0n) is 11.8. The predicted molar refractivity (Wildman–Crippen MR) is 92.6 cm³/mol. The van der Waals surface area contributed by atoms with Crippen LogP contribution in [0.2, 0.25) is 10.0 Å². The number of benzene rings is 2. The molecular formula is C17H10Cl2N4. The third kappa shape index (κ3) is 2.79. The smallest absolute Gasteiger partial charge is 0.0928 e. The number of nitrogens with zero attached hydrogens (tertiary/aromatic N) is 3. The number of aromatic nitrogens is 4. The van der Waals surface area contributed by atoms with E-state index in [1.807, 2.05) is 36.4 Å². The lowest BCUT2D eigenvalue weighted by molar-refractivity contribution is 1.10. The molecule has 0 unspecified atom stereocenters. The number of rotatable bonds is 2. The van der Waals surface area contributed by atoms with Gasteiger partial charge in [0.15, 0.2) is 0 Å². The van der Waals surface area contributed by atoms with Gasteiger partial charge in [-0.2, -0.15) is 5.10 Å². The van der Waals surface area contributed by atoms with E-state index in [0.29, 0.717) is 10.0 Å². The first-order valence-corrected chi connectivity index (χ1v) is 7.68. The molecule has 0 aliphatic rings. The summed E-state index contributed by atoms with van der Waals surface area (Å²) in [5.74, 6) is 0. The maximum Gasteiger partial charge on any atom is 0.0928 e. The van der Waals surface area contributed by atoms with Crippen LogP contribution < -0.4 is 0 Å². The SMILES string of the molecule is Clc1cc(Cl)cc(-c2cc(-c3ccc4nccnc4c3)n[nH]2)c1. The fourth-order valence-corrected chi connectivity index (χ4v) is 2.98. The molecule has 23 heavy (non-hydrogen) atoms. The lowest BCUT2D eigenvalue weighted by atomic mass is 10.1. The second kappa shape index (κ2) is 5.65. The van der Waals surface area contributed by atoms with Gasteiger partial charge in [0, 0.05) is 33.6 Å². The molecule has 0 bridgehead atoms. The topological polar surface area (TPSA) is 54.5 Å². The molecule has 112 valence electrons. The Balaban J connectivity index is 1.76. The summed E-state index contributed by atoms with van der Waals surface area (Å²) in [4.78, 5) is 8.59. The highest BCUT2D eigenvalue weighted by Gasteiger charge is 2.08. The molecule has 6 heteroatoms. The lowest BCUT2D eigenvalue weighted by Crippen LogP contribution is -1.84. The number of hydrogen-bond donors (Lipinski definition) is 1. The summed E-state index contributed by atoms with van der Waals surface area (Å²) in [6.45, 7) is 0. The van der Waals surface area contributed by atoms with Crippen molar-refractivity contribution in [2.75, 3.05) is 0 Å². The average molecular weight is 341 g/mol. The molecule has 0 fully saturated rings. The Morgan fingerprint density at radius 3 is 2.26 bits per heavy atom. The molecular weight excluding hydrogens is 331 g/mol. The minimum Gasteiger partial charge on any atom is -0.277 e. The molecule has 0 radical (unpaired) electrons. The Morgan fingerprint density at radius 1 is 0.739 bits per heavy atom. The number of fused-ring (bicyclic) bond motifs is 1. The van der Waals surface area contributed by atoms with Gasteiger partial charge < -0.3 is 0 Å². The Hall–Kier alpha value is -2.43. The normalized spacial score (nSPS) is 11.0. The van der Waals surface area contributed by atoms with Gasteiger partial charge >= 0.3 is 0 Å². The maximum absolute atomic E-state index is 6.06. The van der Waals surface area contributed by atoms with E-state index >= 15 is 0 Å². The van der Waals surface area contributed by atoms with E-state index in [0.717, 1.165) is 33.5 Å². The Labute approximate surface area is 142 Å². The van der Waals surface area contributed by atoms with Gasteiger partial charge in [-0.25, -0.2) is 0 Å². The van der Waals surface area contributed by atoms with Crippen LogP contribution >= 0.6 is 23.2 Å². The third-order valence-electron chi connectivity index (χ3n) is 3.52. The summed E-state index contributed by atoms with van der Waals surface area (Å²) < 4.78 is 0. The van der Waals surface area contributed by atoms with Crippen molar-refractivity contribution in [3.05, 3.63) is 64.9 Å². The van der Waals surface area contributed by atoms with Crippen LogP contribution in [0, 0.1) is 0 Å². The van der Waals surface area contributed by atoms with E-state index in [4.69, 9.17) is 23.2 Å². The van der Waals surface area contributed by atoms with E-state index in [-0.39, 0.29) is 0 Å². The molecule has 0 saturated heterocycles. The van der Waals surface area contributed by atoms with Crippen LogP contribution in [0.4, 0.5) is 0 Å². The molecule has 1 N–H and O–H groups in total. The van der Waals surface area contributed by atoms with Crippen LogP contribution in [-0.4, -0.2) is 20.2 Å². The molecule has 4 nitrogen and oxygen atoms in total. The Morgan fingerprint density at radius 2 is 1.48 bits per heavy atom. The van der Waals surface area contributed by atoms with Crippen LogP contribution in [0.3, 0.4) is 0 Å². The molecule has 0 atom stereocenters. The van der Waals surface area contributed by atoms with Crippen molar-refractivity contribution >= 4 is 34.2 Å². The van der Waals surface area contributed by atoms with Crippen LogP contribution in [0.1, 0.15) is 0 Å². The molecule has 2 aromatic heterocycles. The quantitative estimate of drug-likeness (QED) is 0.559. The van der Waals surface area contributed by atoms with Crippen molar-refractivity contribution in [1.29, 1.82) is 0 Å². The lowest BCUT2D eigenvalue weighted by Gasteiger charge is -2.00. The second-order valence-electron chi connectivity index (χ2n) is 5.08. The van der Waals surface area contributed by atoms with Crippen LogP contribution in [-0.2, 0) is 0 Å². The van der Waals surface area contributed by atoms with Crippen molar-refractivity contribution in [2.24, 2.45) is 0 Å². The van der Waals surface area contributed by atoms with Gasteiger partial charge in [0.1, 0.15) is 0 Å². The molecule has 4 rings (SSSR count). The van der Waals surface area contributed by atoms with E-state index in [9.17, 15) is 0 Å². The number of aromatic amines is 1. The summed E-state index contributed by atoms with van der Waals surface area (Å²) in [6, 6.07) is 13.2. The molecule has 0 aliphatic carbocycles. The van der Waals surface area contributed by atoms with Gasteiger partial charge in [0.25, 0.3) is 0 Å². The minimum atomic E-state index is 0.588. The fraction of sp³-hybridized carbons (Fsp3) is 0. The van der Waals surface area contributed by atoms with Crippen molar-refractivity contribution in [2.45, 2.75) is 0 Å². The highest BCUT2D eigenvalue weighted by atomic mass is 35.5. The number of hydrogen-bond acceptors (Lipinski definition) is 3. The molecule has 2 heterocycles. The highest BCUT2D eigenvalue weighted by molar-refractivity contribution is 6.35. The summed E-state index contributed by atoms with van der Waals surface area (Å²) in [5, 5.41) is 8.56. The van der Waals surface area contributed by atoms with E-state index < -0.39 is 0 Å². The number of nitrogens with one attached hydrogen (secondary N) is 1. The first-order valence-electron chi connectivity index (χ1n) is 6.92. The molecule has 0 saturated carbocycles. The number of H-pyrrole nitrogens is 1.